The molecular weight excluding hydrogens is 451 g/mol. The second kappa shape index (κ2) is 11.8. The number of alkyl halides is 1. The molecule has 0 bridgehead atoms. The number of hydrogen-bond donors (Lipinski definition) is 1. The molecule has 0 aliphatic carbocycles. The minimum absolute atomic E-state index is 0.0638. The fourth-order valence-electron chi connectivity index (χ4n) is 5.20. The first-order chi connectivity index (χ1) is 16.5. The van der Waals surface area contributed by atoms with E-state index in [1.807, 2.05) is 18.2 Å². The lowest BCUT2D eigenvalue weighted by molar-refractivity contribution is -0.139. The Hall–Kier alpha value is -2.51. The number of carboxylic acids is 1. The summed E-state index contributed by atoms with van der Waals surface area (Å²) < 4.78 is 20.7. The van der Waals surface area contributed by atoms with E-state index in [4.69, 9.17) is 4.74 Å². The van der Waals surface area contributed by atoms with Crippen LogP contribution in [0.5, 0.6) is 5.75 Å². The van der Waals surface area contributed by atoms with Crippen LogP contribution in [-0.4, -0.2) is 47.7 Å². The van der Waals surface area contributed by atoms with E-state index in [1.165, 1.54) is 5.56 Å². The van der Waals surface area contributed by atoms with Crippen LogP contribution in [0, 0.1) is 11.8 Å². The Bertz CT molecular complexity index is 1070. The molecule has 2 aromatic heterocycles. The van der Waals surface area contributed by atoms with Crippen LogP contribution < -0.4 is 4.74 Å². The molecule has 0 spiro atoms. The first-order valence-electron chi connectivity index (χ1n) is 12.1. The molecule has 0 amide bonds. The van der Waals surface area contributed by atoms with Gasteiger partial charge >= 0.3 is 5.97 Å². The molecule has 1 fully saturated rings. The molecule has 1 unspecified atom stereocenters. The van der Waals surface area contributed by atoms with Gasteiger partial charge in [0, 0.05) is 24.5 Å². The number of benzene rings is 1. The monoisotopic (exact) mass is 484 g/mol. The van der Waals surface area contributed by atoms with Crippen molar-refractivity contribution in [1.29, 1.82) is 0 Å². The summed E-state index contributed by atoms with van der Waals surface area (Å²) in [6.07, 6.45) is 4.81. The van der Waals surface area contributed by atoms with Crippen LogP contribution in [0.15, 0.2) is 47.3 Å². The van der Waals surface area contributed by atoms with Gasteiger partial charge < -0.3 is 14.7 Å². The summed E-state index contributed by atoms with van der Waals surface area (Å²) in [5.74, 6) is 0.208. The van der Waals surface area contributed by atoms with E-state index < -0.39 is 12.1 Å². The number of aromatic nitrogens is 1. The van der Waals surface area contributed by atoms with Gasteiger partial charge in [-0.15, -0.1) is 0 Å². The van der Waals surface area contributed by atoms with Gasteiger partial charge in [-0.3, -0.25) is 9.78 Å². The van der Waals surface area contributed by atoms with Crippen LogP contribution in [0.4, 0.5) is 4.39 Å². The minimum atomic E-state index is -1.12. The molecule has 1 aromatic carbocycles. The van der Waals surface area contributed by atoms with Crippen molar-refractivity contribution in [3.05, 3.63) is 58.4 Å². The number of aryl methyl sites for hydroxylation is 1. The van der Waals surface area contributed by atoms with Crippen molar-refractivity contribution < 1.29 is 19.0 Å². The molecule has 5 nitrogen and oxygen atoms in total. The minimum Gasteiger partial charge on any atom is -0.497 e. The largest absolute Gasteiger partial charge is 0.497 e. The number of methoxy groups -OCH3 is 1. The van der Waals surface area contributed by atoms with Gasteiger partial charge in [0.05, 0.1) is 12.6 Å². The van der Waals surface area contributed by atoms with Crippen molar-refractivity contribution in [2.75, 3.05) is 26.7 Å². The first-order valence-corrected chi connectivity index (χ1v) is 13.0. The van der Waals surface area contributed by atoms with Gasteiger partial charge in [-0.25, -0.2) is 4.39 Å². The van der Waals surface area contributed by atoms with Crippen molar-refractivity contribution in [1.82, 2.24) is 9.88 Å². The lowest BCUT2D eigenvalue weighted by Crippen LogP contribution is -2.42. The quantitative estimate of drug-likeness (QED) is 0.354. The van der Waals surface area contributed by atoms with Crippen LogP contribution in [0.25, 0.3) is 10.9 Å². The topological polar surface area (TPSA) is 62.7 Å². The third-order valence-electron chi connectivity index (χ3n) is 7.04. The van der Waals surface area contributed by atoms with E-state index in [0.717, 1.165) is 49.8 Å². The molecule has 0 radical (unpaired) electrons. The summed E-state index contributed by atoms with van der Waals surface area (Å²) in [7, 11) is 1.60. The molecule has 1 N–H and O–H groups in total. The van der Waals surface area contributed by atoms with E-state index >= 15 is 4.39 Å². The first kappa shape index (κ1) is 24.6. The average molecular weight is 485 g/mol. The van der Waals surface area contributed by atoms with E-state index in [9.17, 15) is 9.90 Å². The smallest absolute Gasteiger partial charge is 0.303 e. The van der Waals surface area contributed by atoms with Gasteiger partial charge in [0.25, 0.3) is 0 Å². The number of halogens is 1. The van der Waals surface area contributed by atoms with Crippen LogP contribution in [-0.2, 0) is 11.2 Å². The Labute approximate surface area is 204 Å². The highest BCUT2D eigenvalue weighted by Crippen LogP contribution is 2.36. The lowest BCUT2D eigenvalue weighted by atomic mass is 9.79. The summed E-state index contributed by atoms with van der Waals surface area (Å²) in [6.45, 7) is 2.72. The molecule has 0 saturated carbocycles. The summed E-state index contributed by atoms with van der Waals surface area (Å²) in [5, 5.41) is 14.6. The van der Waals surface area contributed by atoms with E-state index in [0.29, 0.717) is 24.2 Å². The number of nitrogens with zero attached hydrogens (tertiary/aromatic N) is 2. The summed E-state index contributed by atoms with van der Waals surface area (Å²) in [6, 6.07) is 9.43. The molecule has 1 saturated heterocycles. The van der Waals surface area contributed by atoms with Crippen molar-refractivity contribution >= 4 is 28.2 Å². The van der Waals surface area contributed by atoms with Gasteiger partial charge in [0.15, 0.2) is 0 Å². The van der Waals surface area contributed by atoms with Crippen LogP contribution in [0.1, 0.15) is 49.4 Å². The molecule has 1 aliphatic heterocycles. The molecule has 3 heterocycles. The predicted octanol–water partition coefficient (Wildman–Crippen LogP) is 6.14. The van der Waals surface area contributed by atoms with Crippen molar-refractivity contribution in [2.45, 2.75) is 44.7 Å². The van der Waals surface area contributed by atoms with E-state index in [1.54, 1.807) is 30.7 Å². The molecular formula is C27H33FN2O3S. The number of aliphatic carboxylic acids is 1. The molecule has 1 aliphatic rings. The van der Waals surface area contributed by atoms with Gasteiger partial charge in [-0.05, 0) is 109 Å². The Kier molecular flexibility index (Phi) is 8.51. The number of ether oxygens (including phenoxy) is 1. The third-order valence-corrected chi connectivity index (χ3v) is 7.78. The fraction of sp³-hybridized carbons (Fsp3) is 0.481. The fourth-order valence-corrected chi connectivity index (χ4v) is 5.90. The maximum absolute atomic E-state index is 15.4. The van der Waals surface area contributed by atoms with Gasteiger partial charge in [-0.1, -0.05) is 0 Å². The molecule has 3 atom stereocenters. The van der Waals surface area contributed by atoms with Gasteiger partial charge in [0.2, 0.25) is 0 Å². The molecule has 3 aromatic rings. The highest BCUT2D eigenvalue weighted by atomic mass is 32.1. The lowest BCUT2D eigenvalue weighted by Gasteiger charge is -2.38. The standard InChI is InChI=1S/C27H33FN2O3S/c1-33-22-5-7-26-24(16-22)23(8-11-29-26)25(28)6-4-20-9-13-30(17-21(20)15-27(31)32)12-2-3-19-10-14-34-18-19/h5,7-8,10-11,14,16,18,20-21,25H,2-4,6,9,12-13,15,17H2,1H3,(H,31,32)/t20-,21+,25?/m1/s1. The van der Waals surface area contributed by atoms with Crippen molar-refractivity contribution in [3.63, 3.8) is 0 Å². The van der Waals surface area contributed by atoms with Crippen molar-refractivity contribution in [3.8, 4) is 5.75 Å². The van der Waals surface area contributed by atoms with Crippen LogP contribution >= 0.6 is 11.3 Å². The number of pyridine rings is 1. The van der Waals surface area contributed by atoms with Gasteiger partial charge in [-0.2, -0.15) is 11.3 Å². The normalized spacial score (nSPS) is 19.8. The molecule has 34 heavy (non-hydrogen) atoms. The second-order valence-corrected chi connectivity index (χ2v) is 10.1. The zero-order valence-electron chi connectivity index (χ0n) is 19.7. The Morgan fingerprint density at radius 1 is 1.32 bits per heavy atom. The SMILES string of the molecule is COc1ccc2nccc(C(F)CC[C@@H]3CCN(CCCc4ccsc4)C[C@@H]3CC(=O)O)c2c1. The predicted molar refractivity (Wildman–Crippen MR) is 134 cm³/mol. The number of fused-ring (bicyclic) bond motifs is 1. The Balaban J connectivity index is 1.35. The number of likely N-dealkylation sites (tertiary alicyclic amines) is 1. The molecule has 4 rings (SSSR count). The third kappa shape index (κ3) is 6.33. The second-order valence-electron chi connectivity index (χ2n) is 9.27. The zero-order valence-corrected chi connectivity index (χ0v) is 20.5. The number of carboxylic acid groups (broad SMARTS) is 1. The van der Waals surface area contributed by atoms with E-state index in [-0.39, 0.29) is 18.3 Å². The number of carbonyl (C=O) groups is 1. The van der Waals surface area contributed by atoms with E-state index in [2.05, 4.69) is 26.7 Å². The van der Waals surface area contributed by atoms with Gasteiger partial charge in [0.1, 0.15) is 11.9 Å². The maximum atomic E-state index is 15.4. The van der Waals surface area contributed by atoms with Crippen LogP contribution in [0.2, 0.25) is 0 Å². The highest BCUT2D eigenvalue weighted by molar-refractivity contribution is 7.07. The summed E-state index contributed by atoms with van der Waals surface area (Å²) in [4.78, 5) is 18.3. The summed E-state index contributed by atoms with van der Waals surface area (Å²) in [5.41, 5.74) is 2.75. The maximum Gasteiger partial charge on any atom is 0.303 e. The Morgan fingerprint density at radius 3 is 2.97 bits per heavy atom. The summed E-state index contributed by atoms with van der Waals surface area (Å²) >= 11 is 1.72. The molecule has 182 valence electrons. The number of hydrogen-bond acceptors (Lipinski definition) is 5. The van der Waals surface area contributed by atoms with Crippen molar-refractivity contribution in [2.24, 2.45) is 11.8 Å². The highest BCUT2D eigenvalue weighted by Gasteiger charge is 2.31. The Morgan fingerprint density at radius 2 is 2.21 bits per heavy atom. The number of piperidine rings is 1. The zero-order chi connectivity index (χ0) is 23.9. The average Bonchev–Trinajstić information content (AvgIpc) is 3.36. The number of rotatable bonds is 11. The number of thiophene rings is 1. The van der Waals surface area contributed by atoms with Crippen LogP contribution in [0.3, 0.4) is 0 Å². The molecule has 7 heteroatoms.